The smallest absolute Gasteiger partial charge is 0.0602 e. The molecule has 2 heteroatoms. The first kappa shape index (κ1) is 15.3. The predicted octanol–water partition coefficient (Wildman–Crippen LogP) is 3.85. The molecule has 2 rings (SSSR count). The van der Waals surface area contributed by atoms with E-state index in [0.717, 1.165) is 23.7 Å². The van der Waals surface area contributed by atoms with Gasteiger partial charge in [0.2, 0.25) is 0 Å². The summed E-state index contributed by atoms with van der Waals surface area (Å²) < 4.78 is 5.91. The molecule has 1 N–H and O–H groups in total. The summed E-state index contributed by atoms with van der Waals surface area (Å²) in [6, 6.07) is 0. The van der Waals surface area contributed by atoms with E-state index in [2.05, 4.69) is 19.2 Å². The van der Waals surface area contributed by atoms with Crippen molar-refractivity contribution < 1.29 is 4.74 Å². The van der Waals surface area contributed by atoms with Gasteiger partial charge in [0, 0.05) is 7.11 Å². The Labute approximate surface area is 119 Å². The van der Waals surface area contributed by atoms with Crippen molar-refractivity contribution in [1.82, 2.24) is 5.32 Å². The molecule has 4 atom stereocenters. The first-order valence-corrected chi connectivity index (χ1v) is 8.46. The van der Waals surface area contributed by atoms with E-state index in [4.69, 9.17) is 4.74 Å². The first-order chi connectivity index (χ1) is 9.22. The van der Waals surface area contributed by atoms with Crippen LogP contribution in [0.2, 0.25) is 0 Å². The molecule has 1 saturated carbocycles. The van der Waals surface area contributed by atoms with E-state index in [1.54, 1.807) is 0 Å². The zero-order valence-electron chi connectivity index (χ0n) is 13.2. The number of nitrogens with one attached hydrogen (secondary N) is 1. The summed E-state index contributed by atoms with van der Waals surface area (Å²) in [6.07, 6.45) is 10.1. The molecule has 0 bridgehead atoms. The average Bonchev–Trinajstić information content (AvgIpc) is 2.45. The number of methoxy groups -OCH3 is 1. The minimum atomic E-state index is 0.514. The zero-order valence-corrected chi connectivity index (χ0v) is 13.2. The van der Waals surface area contributed by atoms with Gasteiger partial charge in [-0.1, -0.05) is 20.3 Å². The van der Waals surface area contributed by atoms with Crippen LogP contribution in [0.1, 0.15) is 58.8 Å². The van der Waals surface area contributed by atoms with Crippen molar-refractivity contribution >= 4 is 0 Å². The van der Waals surface area contributed by atoms with E-state index in [0.29, 0.717) is 6.10 Å². The Kier molecular flexibility index (Phi) is 6.15. The van der Waals surface area contributed by atoms with Gasteiger partial charge in [0.05, 0.1) is 6.10 Å². The molecule has 0 radical (unpaired) electrons. The third-order valence-electron chi connectivity index (χ3n) is 5.51. The highest BCUT2D eigenvalue weighted by atomic mass is 16.5. The number of ether oxygens (including phenoxy) is 1. The largest absolute Gasteiger partial charge is 0.381 e. The van der Waals surface area contributed by atoms with E-state index < -0.39 is 0 Å². The summed E-state index contributed by atoms with van der Waals surface area (Å²) in [5.74, 6) is 3.55. The molecule has 0 spiro atoms. The van der Waals surface area contributed by atoms with Crippen molar-refractivity contribution in [2.24, 2.45) is 23.7 Å². The van der Waals surface area contributed by atoms with Gasteiger partial charge in [-0.2, -0.15) is 0 Å². The highest BCUT2D eigenvalue weighted by Gasteiger charge is 2.32. The van der Waals surface area contributed by atoms with Crippen molar-refractivity contribution in [3.05, 3.63) is 0 Å². The van der Waals surface area contributed by atoms with Gasteiger partial charge in [-0.05, 0) is 75.3 Å². The molecule has 1 aliphatic carbocycles. The minimum absolute atomic E-state index is 0.514. The van der Waals surface area contributed by atoms with Crippen LogP contribution in [0.15, 0.2) is 0 Å². The fourth-order valence-corrected chi connectivity index (χ4v) is 4.37. The maximum absolute atomic E-state index is 5.91. The molecule has 112 valence electrons. The molecular formula is C17H33NO. The summed E-state index contributed by atoms with van der Waals surface area (Å²) >= 11 is 0. The Balaban J connectivity index is 1.88. The number of hydrogen-bond acceptors (Lipinski definition) is 2. The van der Waals surface area contributed by atoms with Gasteiger partial charge in [-0.15, -0.1) is 0 Å². The van der Waals surface area contributed by atoms with Gasteiger partial charge < -0.3 is 10.1 Å². The Bertz CT molecular complexity index is 250. The van der Waals surface area contributed by atoms with Crippen LogP contribution in [0.3, 0.4) is 0 Å². The van der Waals surface area contributed by atoms with Crippen LogP contribution in [-0.2, 0) is 4.74 Å². The van der Waals surface area contributed by atoms with E-state index in [9.17, 15) is 0 Å². The van der Waals surface area contributed by atoms with Gasteiger partial charge in [-0.3, -0.25) is 0 Å². The normalized spacial score (nSPS) is 35.2. The average molecular weight is 267 g/mol. The second-order valence-corrected chi connectivity index (χ2v) is 7.05. The van der Waals surface area contributed by atoms with E-state index in [1.807, 2.05) is 7.11 Å². The molecular weight excluding hydrogens is 234 g/mol. The number of rotatable bonds is 5. The third kappa shape index (κ3) is 4.46. The van der Waals surface area contributed by atoms with Crippen molar-refractivity contribution in [2.75, 3.05) is 20.2 Å². The molecule has 1 aliphatic heterocycles. The molecule has 1 heterocycles. The monoisotopic (exact) mass is 267 g/mol. The summed E-state index contributed by atoms with van der Waals surface area (Å²) in [6.45, 7) is 7.21. The van der Waals surface area contributed by atoms with E-state index >= 15 is 0 Å². The third-order valence-corrected chi connectivity index (χ3v) is 5.51. The second-order valence-electron chi connectivity index (χ2n) is 7.05. The molecule has 0 aromatic heterocycles. The highest BCUT2D eigenvalue weighted by Crippen LogP contribution is 2.39. The summed E-state index contributed by atoms with van der Waals surface area (Å²) in [4.78, 5) is 0. The molecule has 1 unspecified atom stereocenters. The van der Waals surface area contributed by atoms with Crippen molar-refractivity contribution in [3.8, 4) is 0 Å². The van der Waals surface area contributed by atoms with Gasteiger partial charge >= 0.3 is 0 Å². The van der Waals surface area contributed by atoms with Crippen LogP contribution < -0.4 is 5.32 Å². The van der Waals surface area contributed by atoms with Crippen LogP contribution >= 0.6 is 0 Å². The molecule has 0 aromatic carbocycles. The summed E-state index contributed by atoms with van der Waals surface area (Å²) in [5, 5.41) is 3.47. The zero-order chi connectivity index (χ0) is 13.7. The lowest BCUT2D eigenvalue weighted by molar-refractivity contribution is -0.00320. The minimum Gasteiger partial charge on any atom is -0.381 e. The number of hydrogen-bond donors (Lipinski definition) is 1. The van der Waals surface area contributed by atoms with E-state index in [1.165, 1.54) is 58.0 Å². The van der Waals surface area contributed by atoms with Gasteiger partial charge in [-0.25, -0.2) is 0 Å². The van der Waals surface area contributed by atoms with Gasteiger partial charge in [0.1, 0.15) is 0 Å². The lowest BCUT2D eigenvalue weighted by Crippen LogP contribution is -2.35. The molecule has 19 heavy (non-hydrogen) atoms. The first-order valence-electron chi connectivity index (χ1n) is 8.46. The van der Waals surface area contributed by atoms with Crippen LogP contribution in [0.4, 0.5) is 0 Å². The lowest BCUT2D eigenvalue weighted by atomic mass is 9.71. The maximum Gasteiger partial charge on any atom is 0.0602 e. The quantitative estimate of drug-likeness (QED) is 0.817. The van der Waals surface area contributed by atoms with Gasteiger partial charge in [0.15, 0.2) is 0 Å². The molecule has 2 aliphatic rings. The fraction of sp³-hybridized carbons (Fsp3) is 1.00. The summed E-state index contributed by atoms with van der Waals surface area (Å²) in [7, 11) is 1.94. The Morgan fingerprint density at radius 2 is 1.84 bits per heavy atom. The van der Waals surface area contributed by atoms with Crippen LogP contribution in [-0.4, -0.2) is 26.3 Å². The van der Waals surface area contributed by atoms with Crippen molar-refractivity contribution in [1.29, 1.82) is 0 Å². The molecule has 2 fully saturated rings. The van der Waals surface area contributed by atoms with Crippen molar-refractivity contribution in [3.63, 3.8) is 0 Å². The van der Waals surface area contributed by atoms with Crippen LogP contribution in [0, 0.1) is 23.7 Å². The number of piperidine rings is 1. The van der Waals surface area contributed by atoms with Crippen LogP contribution in [0.25, 0.3) is 0 Å². The molecule has 0 amide bonds. The standard InChI is InChI=1S/C17H33NO/c1-4-14-9-13(2)10-16(11-14)17(19-3)12-15-5-7-18-8-6-15/h13-18H,4-12H2,1-3H3/t13-,14-,16+,17?/m0/s1. The van der Waals surface area contributed by atoms with E-state index in [-0.39, 0.29) is 0 Å². The van der Waals surface area contributed by atoms with Crippen LogP contribution in [0.5, 0.6) is 0 Å². The van der Waals surface area contributed by atoms with Gasteiger partial charge in [0.25, 0.3) is 0 Å². The maximum atomic E-state index is 5.91. The Morgan fingerprint density at radius 3 is 2.47 bits per heavy atom. The Morgan fingerprint density at radius 1 is 1.11 bits per heavy atom. The lowest BCUT2D eigenvalue weighted by Gasteiger charge is -2.38. The molecule has 2 nitrogen and oxygen atoms in total. The highest BCUT2D eigenvalue weighted by molar-refractivity contribution is 4.84. The summed E-state index contributed by atoms with van der Waals surface area (Å²) in [5.41, 5.74) is 0. The fourth-order valence-electron chi connectivity index (χ4n) is 4.37. The second kappa shape index (κ2) is 7.64. The SMILES string of the molecule is CC[C@H]1C[C@H](C)C[C@@H](C(CC2CCNCC2)OC)C1. The predicted molar refractivity (Wildman–Crippen MR) is 81.3 cm³/mol. The Hall–Kier alpha value is -0.0800. The van der Waals surface area contributed by atoms with Crippen molar-refractivity contribution in [2.45, 2.75) is 64.9 Å². The molecule has 0 aromatic rings. The topological polar surface area (TPSA) is 21.3 Å². The molecule has 1 saturated heterocycles.